The van der Waals surface area contributed by atoms with Crippen LogP contribution < -0.4 is 5.32 Å². The minimum Gasteiger partial charge on any atom is -0.340 e. The Hall–Kier alpha value is -2.52. The van der Waals surface area contributed by atoms with E-state index < -0.39 is 17.8 Å². The lowest BCUT2D eigenvalue weighted by molar-refractivity contribution is 0.0922. The third-order valence-corrected chi connectivity index (χ3v) is 4.24. The van der Waals surface area contributed by atoms with Crippen molar-refractivity contribution in [2.75, 3.05) is 0 Å². The van der Waals surface area contributed by atoms with Crippen LogP contribution in [0.2, 0.25) is 10.0 Å². The Morgan fingerprint density at radius 1 is 1.33 bits per heavy atom. The van der Waals surface area contributed by atoms with E-state index in [-0.39, 0.29) is 33.2 Å². The highest BCUT2D eigenvalue weighted by Gasteiger charge is 2.25. The molecular weight excluding hydrogens is 398 g/mol. The third kappa shape index (κ3) is 4.42. The highest BCUT2D eigenvalue weighted by molar-refractivity contribution is 6.36. The summed E-state index contributed by atoms with van der Waals surface area (Å²) in [7, 11) is 0. The van der Waals surface area contributed by atoms with Crippen LogP contribution in [0.3, 0.4) is 0 Å². The molecule has 27 heavy (non-hydrogen) atoms. The van der Waals surface area contributed by atoms with Crippen molar-refractivity contribution >= 4 is 29.1 Å². The fraction of sp³-hybridized carbons (Fsp3) is 0.312. The molecule has 2 N–H and O–H groups in total. The van der Waals surface area contributed by atoms with E-state index in [0.717, 1.165) is 6.07 Å². The minimum absolute atomic E-state index is 0.0371. The van der Waals surface area contributed by atoms with Gasteiger partial charge in [0.15, 0.2) is 5.82 Å². The second-order valence-electron chi connectivity index (χ2n) is 6.19. The lowest BCUT2D eigenvalue weighted by Gasteiger charge is -2.17. The van der Waals surface area contributed by atoms with Crippen molar-refractivity contribution in [3.05, 3.63) is 45.8 Å². The molecule has 0 unspecified atom stereocenters. The SMILES string of the molecule is CC(C)C[C@@H](NC(=O)c1cc(F)c(Cl)cc1Cl)c1nc(-c2ncn[nH]2)no1. The molecule has 11 heteroatoms. The average molecular weight is 413 g/mol. The molecule has 0 aliphatic rings. The highest BCUT2D eigenvalue weighted by atomic mass is 35.5. The number of nitrogens with one attached hydrogen (secondary N) is 2. The first-order valence-corrected chi connectivity index (χ1v) is 8.75. The largest absolute Gasteiger partial charge is 0.340 e. The number of aromatic nitrogens is 5. The van der Waals surface area contributed by atoms with Gasteiger partial charge in [-0.2, -0.15) is 10.1 Å². The first-order valence-electron chi connectivity index (χ1n) is 8.00. The molecule has 1 atom stereocenters. The minimum atomic E-state index is -0.739. The van der Waals surface area contributed by atoms with Gasteiger partial charge in [-0.05, 0) is 24.5 Å². The molecule has 0 saturated carbocycles. The average Bonchev–Trinajstić information content (AvgIpc) is 3.27. The van der Waals surface area contributed by atoms with Crippen LogP contribution in [0, 0.1) is 11.7 Å². The molecule has 3 rings (SSSR count). The zero-order valence-electron chi connectivity index (χ0n) is 14.3. The van der Waals surface area contributed by atoms with E-state index >= 15 is 0 Å². The summed E-state index contributed by atoms with van der Waals surface area (Å²) in [5.41, 5.74) is -0.0395. The molecule has 0 spiro atoms. The van der Waals surface area contributed by atoms with Crippen molar-refractivity contribution < 1.29 is 13.7 Å². The number of amides is 1. The van der Waals surface area contributed by atoms with Crippen molar-refractivity contribution in [3.63, 3.8) is 0 Å². The number of carbonyl (C=O) groups excluding carboxylic acids is 1. The molecule has 0 fully saturated rings. The van der Waals surface area contributed by atoms with Crippen LogP contribution in [0.4, 0.5) is 4.39 Å². The van der Waals surface area contributed by atoms with Crippen molar-refractivity contribution in [1.29, 1.82) is 0 Å². The molecule has 0 radical (unpaired) electrons. The maximum atomic E-state index is 13.7. The van der Waals surface area contributed by atoms with Gasteiger partial charge in [0.25, 0.3) is 5.91 Å². The molecule has 2 heterocycles. The molecule has 1 aromatic carbocycles. The topological polar surface area (TPSA) is 110 Å². The number of carbonyl (C=O) groups is 1. The number of benzene rings is 1. The zero-order chi connectivity index (χ0) is 19.6. The Kier molecular flexibility index (Phi) is 5.71. The second-order valence-corrected chi connectivity index (χ2v) is 7.01. The summed E-state index contributed by atoms with van der Waals surface area (Å²) in [6.45, 7) is 3.95. The first kappa shape index (κ1) is 19.2. The molecule has 0 aliphatic heterocycles. The normalized spacial score (nSPS) is 12.4. The number of nitrogens with zero attached hydrogens (tertiary/aromatic N) is 4. The van der Waals surface area contributed by atoms with Crippen molar-refractivity contribution in [1.82, 2.24) is 30.6 Å². The predicted molar refractivity (Wildman–Crippen MR) is 95.8 cm³/mol. The summed E-state index contributed by atoms with van der Waals surface area (Å²) in [4.78, 5) is 20.8. The first-order chi connectivity index (χ1) is 12.8. The number of halogens is 3. The maximum Gasteiger partial charge on any atom is 0.253 e. The van der Waals surface area contributed by atoms with Gasteiger partial charge in [0, 0.05) is 0 Å². The van der Waals surface area contributed by atoms with Crippen LogP contribution in [0.25, 0.3) is 11.6 Å². The predicted octanol–water partition coefficient (Wildman–Crippen LogP) is 3.82. The molecule has 1 amide bonds. The molecule has 0 aliphatic carbocycles. The van der Waals surface area contributed by atoms with Crippen LogP contribution in [-0.2, 0) is 0 Å². The molecular formula is C16H15Cl2FN6O2. The fourth-order valence-corrected chi connectivity index (χ4v) is 2.88. The van der Waals surface area contributed by atoms with E-state index in [1.54, 1.807) is 0 Å². The van der Waals surface area contributed by atoms with Crippen molar-refractivity contribution in [2.45, 2.75) is 26.3 Å². The number of rotatable bonds is 6. The summed E-state index contributed by atoms with van der Waals surface area (Å²) in [5.74, 6) is -0.386. The van der Waals surface area contributed by atoms with E-state index in [1.165, 1.54) is 12.4 Å². The summed E-state index contributed by atoms with van der Waals surface area (Å²) in [6, 6.07) is 1.57. The lowest BCUT2D eigenvalue weighted by Crippen LogP contribution is -2.30. The standard InChI is InChI=1S/C16H15Cl2FN6O2/c1-7(2)3-12(16-23-14(25-27-16)13-20-6-21-24-13)22-15(26)8-4-11(19)10(18)5-9(8)17/h4-7,12H,3H2,1-2H3,(H,22,26)(H,20,21,24)/t12-/m1/s1. The van der Waals surface area contributed by atoms with E-state index in [1.807, 2.05) is 13.8 Å². The Bertz CT molecular complexity index is 945. The van der Waals surface area contributed by atoms with Gasteiger partial charge in [-0.3, -0.25) is 9.89 Å². The molecule has 142 valence electrons. The van der Waals surface area contributed by atoms with Crippen LogP contribution in [0.1, 0.15) is 42.6 Å². The monoisotopic (exact) mass is 412 g/mol. The Morgan fingerprint density at radius 3 is 2.78 bits per heavy atom. The summed E-state index contributed by atoms with van der Waals surface area (Å²) < 4.78 is 19.0. The van der Waals surface area contributed by atoms with E-state index in [9.17, 15) is 9.18 Å². The lowest BCUT2D eigenvalue weighted by atomic mass is 10.0. The Morgan fingerprint density at radius 2 is 2.11 bits per heavy atom. The van der Waals surface area contributed by atoms with Gasteiger partial charge in [-0.25, -0.2) is 9.37 Å². The van der Waals surface area contributed by atoms with Crippen molar-refractivity contribution in [2.24, 2.45) is 5.92 Å². The van der Waals surface area contributed by atoms with Gasteiger partial charge in [-0.1, -0.05) is 42.2 Å². The number of H-pyrrole nitrogens is 1. The van der Waals surface area contributed by atoms with Gasteiger partial charge in [0.1, 0.15) is 18.2 Å². The summed E-state index contributed by atoms with van der Waals surface area (Å²) in [5, 5.41) is 12.8. The van der Waals surface area contributed by atoms with Gasteiger partial charge in [-0.15, -0.1) is 0 Å². The zero-order valence-corrected chi connectivity index (χ0v) is 15.8. The van der Waals surface area contributed by atoms with Gasteiger partial charge < -0.3 is 9.84 Å². The molecule has 0 bridgehead atoms. The third-order valence-electron chi connectivity index (χ3n) is 3.63. The molecule has 8 nitrogen and oxygen atoms in total. The fourth-order valence-electron chi connectivity index (χ4n) is 2.41. The Labute approximate surface area is 163 Å². The summed E-state index contributed by atoms with van der Waals surface area (Å²) >= 11 is 11.7. The van der Waals surface area contributed by atoms with Gasteiger partial charge >= 0.3 is 0 Å². The van der Waals surface area contributed by atoms with Crippen LogP contribution >= 0.6 is 23.2 Å². The van der Waals surface area contributed by atoms with Crippen LogP contribution in [0.15, 0.2) is 23.0 Å². The van der Waals surface area contributed by atoms with Gasteiger partial charge in [0.2, 0.25) is 11.7 Å². The van der Waals surface area contributed by atoms with E-state index in [4.69, 9.17) is 27.7 Å². The van der Waals surface area contributed by atoms with Crippen LogP contribution in [0.5, 0.6) is 0 Å². The van der Waals surface area contributed by atoms with E-state index in [0.29, 0.717) is 12.2 Å². The smallest absolute Gasteiger partial charge is 0.253 e. The number of hydrogen-bond acceptors (Lipinski definition) is 6. The number of hydrogen-bond donors (Lipinski definition) is 2. The number of aromatic amines is 1. The quantitative estimate of drug-likeness (QED) is 0.595. The molecule has 2 aromatic heterocycles. The second kappa shape index (κ2) is 8.01. The Balaban J connectivity index is 1.85. The molecule has 3 aromatic rings. The summed E-state index contributed by atoms with van der Waals surface area (Å²) in [6.07, 6.45) is 1.83. The van der Waals surface area contributed by atoms with Gasteiger partial charge in [0.05, 0.1) is 15.6 Å². The maximum absolute atomic E-state index is 13.7. The van der Waals surface area contributed by atoms with Crippen molar-refractivity contribution in [3.8, 4) is 11.6 Å². The van der Waals surface area contributed by atoms with E-state index in [2.05, 4.69) is 30.6 Å². The molecule has 0 saturated heterocycles. The van der Waals surface area contributed by atoms with Crippen LogP contribution in [-0.4, -0.2) is 31.2 Å². The highest BCUT2D eigenvalue weighted by Crippen LogP contribution is 2.26.